The zero-order chi connectivity index (χ0) is 11.5. The highest BCUT2D eigenvalue weighted by molar-refractivity contribution is 7.86. The van der Waals surface area contributed by atoms with Crippen LogP contribution in [0.5, 0.6) is 0 Å². The summed E-state index contributed by atoms with van der Waals surface area (Å²) in [6.45, 7) is 1.90. The fourth-order valence-corrected chi connectivity index (χ4v) is 1.86. The fraction of sp³-hybridized carbons (Fsp3) is 0.889. The molecule has 0 heterocycles. The monoisotopic (exact) mass is 236 g/mol. The Morgan fingerprint density at radius 3 is 2.47 bits per heavy atom. The van der Waals surface area contributed by atoms with Gasteiger partial charge in [-0.15, -0.1) is 0 Å². The average molecular weight is 236 g/mol. The third-order valence-corrected chi connectivity index (χ3v) is 2.67. The Bertz CT molecular complexity index is 317. The molecule has 0 saturated heterocycles. The van der Waals surface area contributed by atoms with E-state index in [0.29, 0.717) is 12.3 Å². The zero-order valence-electron chi connectivity index (χ0n) is 8.93. The maximum atomic E-state index is 11.4. The molecule has 0 aromatic rings. The summed E-state index contributed by atoms with van der Waals surface area (Å²) in [6.07, 6.45) is 2.47. The topological polar surface area (TPSA) is 69.7 Å². The van der Waals surface area contributed by atoms with Gasteiger partial charge in [0, 0.05) is 0 Å². The Balaban J connectivity index is 2.54. The first-order valence-electron chi connectivity index (χ1n) is 4.97. The Labute approximate surface area is 89.9 Å². The molecule has 0 aliphatic heterocycles. The molecule has 1 saturated carbocycles. The second-order valence-corrected chi connectivity index (χ2v) is 5.32. The Morgan fingerprint density at radius 2 is 2.07 bits per heavy atom. The first-order valence-corrected chi connectivity index (χ1v) is 6.79. The van der Waals surface area contributed by atoms with E-state index in [0.717, 1.165) is 19.1 Å². The van der Waals surface area contributed by atoms with Gasteiger partial charge in [-0.2, -0.15) is 8.42 Å². The zero-order valence-corrected chi connectivity index (χ0v) is 9.75. The van der Waals surface area contributed by atoms with Crippen LogP contribution in [0.4, 0.5) is 0 Å². The molecule has 0 amide bonds. The van der Waals surface area contributed by atoms with Gasteiger partial charge in [-0.05, 0) is 19.3 Å². The van der Waals surface area contributed by atoms with Crippen molar-refractivity contribution in [3.8, 4) is 0 Å². The molecule has 1 aliphatic rings. The van der Waals surface area contributed by atoms with Gasteiger partial charge < -0.3 is 4.74 Å². The summed E-state index contributed by atoms with van der Waals surface area (Å²) in [5.41, 5.74) is 0. The minimum Gasteiger partial charge on any atom is -0.464 e. The number of ether oxygens (including phenoxy) is 1. The Kier molecular flexibility index (Phi) is 4.10. The standard InChI is InChI=1S/C9H16O5S/c1-3-13-9(10)8(6-7-4-5-7)14-15(2,11)12/h7-8H,3-6H2,1-2H3/t8-/m1/s1. The molecule has 15 heavy (non-hydrogen) atoms. The highest BCUT2D eigenvalue weighted by Gasteiger charge is 2.33. The molecular weight excluding hydrogens is 220 g/mol. The third kappa shape index (κ3) is 5.13. The summed E-state index contributed by atoms with van der Waals surface area (Å²) < 4.78 is 31.3. The molecule has 1 atom stereocenters. The van der Waals surface area contributed by atoms with Crippen LogP contribution in [0, 0.1) is 5.92 Å². The third-order valence-electron chi connectivity index (χ3n) is 2.08. The van der Waals surface area contributed by atoms with Crippen molar-refractivity contribution < 1.29 is 22.1 Å². The van der Waals surface area contributed by atoms with Crippen LogP contribution in [0.2, 0.25) is 0 Å². The average Bonchev–Trinajstić information content (AvgIpc) is 2.85. The van der Waals surface area contributed by atoms with E-state index in [4.69, 9.17) is 8.92 Å². The molecule has 5 nitrogen and oxygen atoms in total. The van der Waals surface area contributed by atoms with Gasteiger partial charge >= 0.3 is 5.97 Å². The smallest absolute Gasteiger partial charge is 0.336 e. The molecule has 0 spiro atoms. The first-order chi connectivity index (χ1) is 6.92. The van der Waals surface area contributed by atoms with Crippen molar-refractivity contribution in [1.82, 2.24) is 0 Å². The van der Waals surface area contributed by atoms with E-state index < -0.39 is 22.2 Å². The van der Waals surface area contributed by atoms with E-state index in [1.54, 1.807) is 6.92 Å². The van der Waals surface area contributed by atoms with Gasteiger partial charge in [0.2, 0.25) is 0 Å². The van der Waals surface area contributed by atoms with E-state index >= 15 is 0 Å². The van der Waals surface area contributed by atoms with Crippen LogP contribution in [-0.2, 0) is 23.8 Å². The molecule has 6 heteroatoms. The van der Waals surface area contributed by atoms with E-state index in [-0.39, 0.29) is 6.61 Å². The quantitative estimate of drug-likeness (QED) is 0.501. The van der Waals surface area contributed by atoms with Crippen molar-refractivity contribution >= 4 is 16.1 Å². The van der Waals surface area contributed by atoms with Crippen LogP contribution in [0.1, 0.15) is 26.2 Å². The second-order valence-electron chi connectivity index (χ2n) is 3.72. The molecule has 1 fully saturated rings. The van der Waals surface area contributed by atoms with Crippen molar-refractivity contribution in [2.75, 3.05) is 12.9 Å². The molecule has 0 aromatic heterocycles. The molecule has 88 valence electrons. The summed E-state index contributed by atoms with van der Waals surface area (Å²) in [7, 11) is -3.61. The van der Waals surface area contributed by atoms with Crippen LogP contribution in [0.25, 0.3) is 0 Å². The first kappa shape index (κ1) is 12.4. The highest BCUT2D eigenvalue weighted by atomic mass is 32.2. The van der Waals surface area contributed by atoms with E-state index in [1.807, 2.05) is 0 Å². The van der Waals surface area contributed by atoms with E-state index in [1.165, 1.54) is 0 Å². The molecular formula is C9H16O5S. The number of esters is 1. The predicted molar refractivity (Wildman–Crippen MR) is 53.7 cm³/mol. The maximum absolute atomic E-state index is 11.4. The van der Waals surface area contributed by atoms with Gasteiger partial charge in [0.05, 0.1) is 12.9 Å². The van der Waals surface area contributed by atoms with Crippen molar-refractivity contribution in [3.05, 3.63) is 0 Å². The van der Waals surface area contributed by atoms with Gasteiger partial charge in [-0.1, -0.05) is 12.8 Å². The second kappa shape index (κ2) is 4.94. The number of hydrogen-bond donors (Lipinski definition) is 0. The Hall–Kier alpha value is -0.620. The van der Waals surface area contributed by atoms with E-state index in [2.05, 4.69) is 0 Å². The molecule has 0 radical (unpaired) electrons. The molecule has 0 bridgehead atoms. The molecule has 0 N–H and O–H groups in total. The van der Waals surface area contributed by atoms with Gasteiger partial charge in [0.25, 0.3) is 10.1 Å². The number of hydrogen-bond acceptors (Lipinski definition) is 5. The molecule has 0 unspecified atom stereocenters. The van der Waals surface area contributed by atoms with Crippen LogP contribution >= 0.6 is 0 Å². The summed E-state index contributed by atoms with van der Waals surface area (Å²) in [4.78, 5) is 11.4. The molecule has 0 aromatic carbocycles. The van der Waals surface area contributed by atoms with Gasteiger partial charge in [-0.3, -0.25) is 4.18 Å². The summed E-state index contributed by atoms with van der Waals surface area (Å²) >= 11 is 0. The highest BCUT2D eigenvalue weighted by Crippen LogP contribution is 2.34. The van der Waals surface area contributed by atoms with Crippen LogP contribution in [-0.4, -0.2) is 33.4 Å². The van der Waals surface area contributed by atoms with Gasteiger partial charge in [0.1, 0.15) is 0 Å². The van der Waals surface area contributed by atoms with Crippen molar-refractivity contribution in [2.24, 2.45) is 5.92 Å². The molecule has 1 rings (SSSR count). The lowest BCUT2D eigenvalue weighted by atomic mass is 10.2. The minimum absolute atomic E-state index is 0.229. The maximum Gasteiger partial charge on any atom is 0.336 e. The van der Waals surface area contributed by atoms with Crippen LogP contribution < -0.4 is 0 Å². The summed E-state index contributed by atoms with van der Waals surface area (Å²) in [6, 6.07) is 0. The van der Waals surface area contributed by atoms with Crippen molar-refractivity contribution in [2.45, 2.75) is 32.3 Å². The minimum atomic E-state index is -3.61. The lowest BCUT2D eigenvalue weighted by Gasteiger charge is -2.14. The van der Waals surface area contributed by atoms with E-state index in [9.17, 15) is 13.2 Å². The van der Waals surface area contributed by atoms with Gasteiger partial charge in [0.15, 0.2) is 6.10 Å². The van der Waals surface area contributed by atoms with Crippen LogP contribution in [0.3, 0.4) is 0 Å². The Morgan fingerprint density at radius 1 is 1.47 bits per heavy atom. The largest absolute Gasteiger partial charge is 0.464 e. The van der Waals surface area contributed by atoms with Crippen molar-refractivity contribution in [1.29, 1.82) is 0 Å². The summed E-state index contributed by atoms with van der Waals surface area (Å²) in [5, 5.41) is 0. The molecule has 1 aliphatic carbocycles. The summed E-state index contributed by atoms with van der Waals surface area (Å²) in [5.74, 6) is -0.184. The number of carbonyl (C=O) groups excluding carboxylic acids is 1. The van der Waals surface area contributed by atoms with Crippen molar-refractivity contribution in [3.63, 3.8) is 0 Å². The lowest BCUT2D eigenvalue weighted by Crippen LogP contribution is -2.29. The van der Waals surface area contributed by atoms with Gasteiger partial charge in [-0.25, -0.2) is 4.79 Å². The normalized spacial score (nSPS) is 18.5. The SMILES string of the molecule is CCOC(=O)[C@@H](CC1CC1)OS(C)(=O)=O. The number of rotatable bonds is 6. The predicted octanol–water partition coefficient (Wildman–Crippen LogP) is 0.694. The number of carbonyl (C=O) groups is 1. The van der Waals surface area contributed by atoms with Crippen LogP contribution in [0.15, 0.2) is 0 Å². The lowest BCUT2D eigenvalue weighted by molar-refractivity contribution is -0.151. The fourth-order valence-electron chi connectivity index (χ4n) is 1.28.